The van der Waals surface area contributed by atoms with Gasteiger partial charge in [-0.1, -0.05) is 0 Å². The lowest BCUT2D eigenvalue weighted by Gasteiger charge is -2.31. The standard InChI is InChI=1S/C12H15F3N2/c13-12(14,15)10-5-4-9(16)8-11(10)17-6-2-1-3-7-17/h4-5,8H,1-3,6-7,16H2. The Morgan fingerprint density at radius 1 is 1.06 bits per heavy atom. The molecule has 5 heteroatoms. The van der Waals surface area contributed by atoms with Gasteiger partial charge in [-0.25, -0.2) is 0 Å². The molecule has 1 aromatic carbocycles. The van der Waals surface area contributed by atoms with Gasteiger partial charge >= 0.3 is 6.18 Å². The molecule has 0 spiro atoms. The van der Waals surface area contributed by atoms with Crippen molar-refractivity contribution in [2.24, 2.45) is 0 Å². The Balaban J connectivity index is 2.39. The van der Waals surface area contributed by atoms with Crippen LogP contribution in [0.2, 0.25) is 0 Å². The fourth-order valence-corrected chi connectivity index (χ4v) is 2.18. The molecule has 1 saturated heterocycles. The highest BCUT2D eigenvalue weighted by atomic mass is 19.4. The van der Waals surface area contributed by atoms with Crippen molar-refractivity contribution in [2.75, 3.05) is 23.7 Å². The van der Waals surface area contributed by atoms with Gasteiger partial charge in [0.25, 0.3) is 0 Å². The fourth-order valence-electron chi connectivity index (χ4n) is 2.18. The highest BCUT2D eigenvalue weighted by Gasteiger charge is 2.35. The summed E-state index contributed by atoms with van der Waals surface area (Å²) in [5, 5.41) is 0. The molecule has 1 fully saturated rings. The van der Waals surface area contributed by atoms with Crippen molar-refractivity contribution in [3.63, 3.8) is 0 Å². The van der Waals surface area contributed by atoms with Crippen LogP contribution in [0.5, 0.6) is 0 Å². The minimum absolute atomic E-state index is 0.220. The van der Waals surface area contributed by atoms with E-state index in [1.165, 1.54) is 12.1 Å². The van der Waals surface area contributed by atoms with E-state index in [-0.39, 0.29) is 5.69 Å². The molecule has 0 aliphatic carbocycles. The van der Waals surface area contributed by atoms with Gasteiger partial charge in [0.2, 0.25) is 0 Å². The van der Waals surface area contributed by atoms with Crippen molar-refractivity contribution in [2.45, 2.75) is 25.4 Å². The number of nitrogens with zero attached hydrogens (tertiary/aromatic N) is 1. The molecule has 2 rings (SSSR count). The predicted octanol–water partition coefficient (Wildman–Crippen LogP) is 3.28. The Morgan fingerprint density at radius 2 is 1.71 bits per heavy atom. The first kappa shape index (κ1) is 12.1. The van der Waals surface area contributed by atoms with E-state index in [2.05, 4.69) is 0 Å². The van der Waals surface area contributed by atoms with E-state index < -0.39 is 11.7 Å². The maximum atomic E-state index is 12.9. The molecule has 0 aromatic heterocycles. The molecule has 0 amide bonds. The van der Waals surface area contributed by atoms with Gasteiger partial charge in [-0.05, 0) is 37.5 Å². The van der Waals surface area contributed by atoms with Gasteiger partial charge < -0.3 is 10.6 Å². The quantitative estimate of drug-likeness (QED) is 0.768. The Kier molecular flexibility index (Phi) is 3.17. The molecule has 1 aliphatic heterocycles. The molecule has 0 atom stereocenters. The molecule has 2 nitrogen and oxygen atoms in total. The van der Waals surface area contributed by atoms with E-state index in [0.29, 0.717) is 18.8 Å². The van der Waals surface area contributed by atoms with Gasteiger partial charge in [0.15, 0.2) is 0 Å². The molecule has 0 unspecified atom stereocenters. The molecule has 0 radical (unpaired) electrons. The van der Waals surface area contributed by atoms with Crippen LogP contribution in [0.1, 0.15) is 24.8 Å². The van der Waals surface area contributed by atoms with Crippen LogP contribution in [-0.4, -0.2) is 13.1 Å². The van der Waals surface area contributed by atoms with Crippen molar-refractivity contribution < 1.29 is 13.2 Å². The predicted molar refractivity (Wildman–Crippen MR) is 61.9 cm³/mol. The van der Waals surface area contributed by atoms with Crippen LogP contribution in [0.4, 0.5) is 24.5 Å². The Bertz CT molecular complexity index is 395. The zero-order valence-electron chi connectivity index (χ0n) is 9.43. The van der Waals surface area contributed by atoms with Gasteiger partial charge in [0.05, 0.1) is 11.3 Å². The van der Waals surface area contributed by atoms with E-state index in [9.17, 15) is 13.2 Å². The summed E-state index contributed by atoms with van der Waals surface area (Å²) in [6.45, 7) is 1.35. The summed E-state index contributed by atoms with van der Waals surface area (Å²) in [6.07, 6.45) is -1.36. The zero-order valence-corrected chi connectivity index (χ0v) is 9.43. The average Bonchev–Trinajstić information content (AvgIpc) is 2.28. The summed E-state index contributed by atoms with van der Waals surface area (Å²) in [5.41, 5.74) is 5.59. The van der Waals surface area contributed by atoms with Crippen LogP contribution < -0.4 is 10.6 Å². The molecular weight excluding hydrogens is 229 g/mol. The van der Waals surface area contributed by atoms with Crippen molar-refractivity contribution in [1.82, 2.24) is 0 Å². The largest absolute Gasteiger partial charge is 0.418 e. The van der Waals surface area contributed by atoms with Crippen LogP contribution in [0.15, 0.2) is 18.2 Å². The van der Waals surface area contributed by atoms with Crippen molar-refractivity contribution in [3.05, 3.63) is 23.8 Å². The summed E-state index contributed by atoms with van der Waals surface area (Å²) >= 11 is 0. The van der Waals surface area contributed by atoms with Crippen LogP contribution >= 0.6 is 0 Å². The van der Waals surface area contributed by atoms with Gasteiger partial charge in [0, 0.05) is 18.8 Å². The Labute approximate surface area is 98.2 Å². The highest BCUT2D eigenvalue weighted by molar-refractivity contribution is 5.62. The van der Waals surface area contributed by atoms with Gasteiger partial charge in [-0.2, -0.15) is 13.2 Å². The number of piperidine rings is 1. The SMILES string of the molecule is Nc1ccc(C(F)(F)F)c(N2CCCCC2)c1. The average molecular weight is 244 g/mol. The third-order valence-corrected chi connectivity index (χ3v) is 3.02. The zero-order chi connectivity index (χ0) is 12.5. The second-order valence-electron chi connectivity index (χ2n) is 4.32. The topological polar surface area (TPSA) is 29.3 Å². The molecule has 1 aromatic rings. The number of benzene rings is 1. The van der Waals surface area contributed by atoms with E-state index in [1.807, 2.05) is 0 Å². The smallest absolute Gasteiger partial charge is 0.399 e. The van der Waals surface area contributed by atoms with Gasteiger partial charge in [-0.3, -0.25) is 0 Å². The van der Waals surface area contributed by atoms with E-state index in [4.69, 9.17) is 5.73 Å². The maximum absolute atomic E-state index is 12.9. The van der Waals surface area contributed by atoms with Crippen LogP contribution in [0.25, 0.3) is 0 Å². The molecule has 0 saturated carbocycles. The number of alkyl halides is 3. The second-order valence-corrected chi connectivity index (χ2v) is 4.32. The van der Waals surface area contributed by atoms with Gasteiger partial charge in [-0.15, -0.1) is 0 Å². The number of nitrogen functional groups attached to an aromatic ring is 1. The number of anilines is 2. The molecule has 94 valence electrons. The monoisotopic (exact) mass is 244 g/mol. The number of hydrogen-bond donors (Lipinski definition) is 1. The minimum atomic E-state index is -4.32. The van der Waals surface area contributed by atoms with Crippen LogP contribution in [-0.2, 0) is 6.18 Å². The molecular formula is C12H15F3N2. The number of halogens is 3. The van der Waals surface area contributed by atoms with E-state index in [0.717, 1.165) is 25.3 Å². The first-order chi connectivity index (χ1) is 7.98. The number of rotatable bonds is 1. The molecule has 0 bridgehead atoms. The number of nitrogens with two attached hydrogens (primary N) is 1. The van der Waals surface area contributed by atoms with Gasteiger partial charge in [0.1, 0.15) is 0 Å². The maximum Gasteiger partial charge on any atom is 0.418 e. The molecule has 17 heavy (non-hydrogen) atoms. The van der Waals surface area contributed by atoms with Crippen molar-refractivity contribution in [3.8, 4) is 0 Å². The molecule has 1 heterocycles. The van der Waals surface area contributed by atoms with E-state index >= 15 is 0 Å². The van der Waals surface area contributed by atoms with Crippen molar-refractivity contribution >= 4 is 11.4 Å². The lowest BCUT2D eigenvalue weighted by molar-refractivity contribution is -0.137. The first-order valence-electron chi connectivity index (χ1n) is 5.70. The van der Waals surface area contributed by atoms with Crippen LogP contribution in [0.3, 0.4) is 0 Å². The second kappa shape index (κ2) is 4.47. The molecule has 1 aliphatic rings. The summed E-state index contributed by atoms with van der Waals surface area (Å²) in [4.78, 5) is 1.78. The summed E-state index contributed by atoms with van der Waals surface area (Å²) in [5.74, 6) is 0. The highest BCUT2D eigenvalue weighted by Crippen LogP contribution is 2.38. The summed E-state index contributed by atoms with van der Waals surface area (Å²) < 4.78 is 38.6. The normalized spacial score (nSPS) is 17.2. The third kappa shape index (κ3) is 2.65. The lowest BCUT2D eigenvalue weighted by Crippen LogP contribution is -2.31. The minimum Gasteiger partial charge on any atom is -0.399 e. The van der Waals surface area contributed by atoms with Crippen molar-refractivity contribution in [1.29, 1.82) is 0 Å². The fraction of sp³-hybridized carbons (Fsp3) is 0.500. The lowest BCUT2D eigenvalue weighted by atomic mass is 10.1. The third-order valence-electron chi connectivity index (χ3n) is 3.02. The van der Waals surface area contributed by atoms with E-state index in [1.54, 1.807) is 4.90 Å². The first-order valence-corrected chi connectivity index (χ1v) is 5.70. The Hall–Kier alpha value is -1.39. The van der Waals surface area contributed by atoms with Crippen LogP contribution in [0, 0.1) is 0 Å². The number of hydrogen-bond acceptors (Lipinski definition) is 2. The molecule has 2 N–H and O–H groups in total. The summed E-state index contributed by atoms with van der Waals surface area (Å²) in [7, 11) is 0. The summed E-state index contributed by atoms with van der Waals surface area (Å²) in [6, 6.07) is 3.80. The Morgan fingerprint density at radius 3 is 2.29 bits per heavy atom.